The van der Waals surface area contributed by atoms with E-state index in [1.807, 2.05) is 6.08 Å². The highest BCUT2D eigenvalue weighted by Crippen LogP contribution is 2.55. The zero-order valence-electron chi connectivity index (χ0n) is 16.6. The normalized spacial score (nSPS) is 40.0. The molecule has 0 radical (unpaired) electrons. The number of halogens is 2. The molecule has 0 spiro atoms. The Kier molecular flexibility index (Phi) is 7.16. The molecule has 26 heavy (non-hydrogen) atoms. The Balaban J connectivity index is 1.46. The number of alkyl halides is 2. The van der Waals surface area contributed by atoms with Crippen molar-refractivity contribution in [3.05, 3.63) is 12.7 Å². The summed E-state index contributed by atoms with van der Waals surface area (Å²) in [6.45, 7) is 6.12. The second kappa shape index (κ2) is 9.17. The van der Waals surface area contributed by atoms with Crippen LogP contribution in [0, 0.1) is 29.6 Å². The minimum absolute atomic E-state index is 0.145. The van der Waals surface area contributed by atoms with Crippen molar-refractivity contribution in [1.82, 2.24) is 0 Å². The van der Waals surface area contributed by atoms with E-state index in [4.69, 9.17) is 4.74 Å². The summed E-state index contributed by atoms with van der Waals surface area (Å²) < 4.78 is 33.7. The highest BCUT2D eigenvalue weighted by molar-refractivity contribution is 4.99. The van der Waals surface area contributed by atoms with Crippen molar-refractivity contribution in [3.63, 3.8) is 0 Å². The molecule has 150 valence electrons. The molecule has 1 saturated heterocycles. The Bertz CT molecular complexity index is 433. The Labute approximate surface area is 159 Å². The van der Waals surface area contributed by atoms with Gasteiger partial charge in [0.2, 0.25) is 0 Å². The fourth-order valence-electron chi connectivity index (χ4n) is 5.79. The first-order valence-corrected chi connectivity index (χ1v) is 11.2. The van der Waals surface area contributed by atoms with Crippen LogP contribution in [0.4, 0.5) is 8.78 Å². The molecule has 0 bridgehead atoms. The van der Waals surface area contributed by atoms with E-state index in [0.717, 1.165) is 44.4 Å². The van der Waals surface area contributed by atoms with Crippen LogP contribution in [0.3, 0.4) is 0 Å². The molecule has 1 nitrogen and oxygen atoms in total. The lowest BCUT2D eigenvalue weighted by molar-refractivity contribution is -0.418. The van der Waals surface area contributed by atoms with E-state index in [9.17, 15) is 8.78 Å². The molecule has 0 unspecified atom stereocenters. The van der Waals surface area contributed by atoms with Gasteiger partial charge >= 0.3 is 6.11 Å². The van der Waals surface area contributed by atoms with Gasteiger partial charge in [0.1, 0.15) is 0 Å². The van der Waals surface area contributed by atoms with E-state index in [2.05, 4.69) is 13.5 Å². The summed E-state index contributed by atoms with van der Waals surface area (Å²) in [6.07, 6.45) is 14.1. The van der Waals surface area contributed by atoms with Gasteiger partial charge in [0.15, 0.2) is 0 Å². The molecule has 3 aliphatic rings. The monoisotopic (exact) mass is 368 g/mol. The maximum absolute atomic E-state index is 14.2. The maximum atomic E-state index is 14.2. The van der Waals surface area contributed by atoms with Gasteiger partial charge < -0.3 is 4.74 Å². The van der Waals surface area contributed by atoms with Crippen LogP contribution in [0.1, 0.15) is 90.4 Å². The second-order valence-electron chi connectivity index (χ2n) is 9.21. The third-order valence-electron chi connectivity index (χ3n) is 7.51. The standard InChI is InChI=1S/C23H38F2O/c1-3-5-6-7-8-18-11-15-20(16-12-18)22-21(23(24,25)26-22)19-13-9-17(4-2)10-14-19/h4,17-22H,2-3,5-16H2,1H3/t17-,18?,19-,20?,21-,22-/m0/s1. The molecule has 2 aliphatic carbocycles. The van der Waals surface area contributed by atoms with Gasteiger partial charge in [-0.15, -0.1) is 6.58 Å². The van der Waals surface area contributed by atoms with Crippen molar-refractivity contribution in [3.8, 4) is 0 Å². The third-order valence-corrected chi connectivity index (χ3v) is 7.51. The molecule has 2 atom stereocenters. The van der Waals surface area contributed by atoms with E-state index in [-0.39, 0.29) is 12.0 Å². The summed E-state index contributed by atoms with van der Waals surface area (Å²) in [5, 5.41) is 0. The quantitative estimate of drug-likeness (QED) is 0.321. The predicted octanol–water partition coefficient (Wildman–Crippen LogP) is 7.36. The predicted molar refractivity (Wildman–Crippen MR) is 103 cm³/mol. The first-order valence-electron chi connectivity index (χ1n) is 11.2. The summed E-state index contributed by atoms with van der Waals surface area (Å²) in [6, 6.07) is 0. The van der Waals surface area contributed by atoms with Crippen LogP contribution in [0.5, 0.6) is 0 Å². The average molecular weight is 369 g/mol. The largest absolute Gasteiger partial charge is 0.361 e. The van der Waals surface area contributed by atoms with Crippen molar-refractivity contribution >= 4 is 0 Å². The van der Waals surface area contributed by atoms with Gasteiger partial charge in [-0.05, 0) is 62.2 Å². The number of hydrogen-bond donors (Lipinski definition) is 0. The molecule has 1 heterocycles. The highest BCUT2D eigenvalue weighted by Gasteiger charge is 2.62. The second-order valence-corrected chi connectivity index (χ2v) is 9.21. The molecular formula is C23H38F2O. The van der Waals surface area contributed by atoms with Gasteiger partial charge in [-0.3, -0.25) is 0 Å². The zero-order chi connectivity index (χ0) is 18.6. The summed E-state index contributed by atoms with van der Waals surface area (Å²) >= 11 is 0. The number of hydrogen-bond acceptors (Lipinski definition) is 1. The SMILES string of the molecule is C=C[C@H]1CC[C@H]([C@H]2[C@H](C3CCC(CCCCCC)CC3)OC2(F)F)CC1. The van der Waals surface area contributed by atoms with Crippen LogP contribution < -0.4 is 0 Å². The van der Waals surface area contributed by atoms with E-state index in [1.54, 1.807) is 0 Å². The number of ether oxygens (including phenoxy) is 1. The van der Waals surface area contributed by atoms with E-state index >= 15 is 0 Å². The van der Waals surface area contributed by atoms with Crippen LogP contribution in [-0.4, -0.2) is 12.2 Å². The van der Waals surface area contributed by atoms with Crippen molar-refractivity contribution < 1.29 is 13.5 Å². The molecule has 0 aromatic carbocycles. The van der Waals surface area contributed by atoms with E-state index < -0.39 is 12.0 Å². The van der Waals surface area contributed by atoms with Crippen LogP contribution in [0.25, 0.3) is 0 Å². The van der Waals surface area contributed by atoms with E-state index in [1.165, 1.54) is 44.9 Å². The Morgan fingerprint density at radius 3 is 2.15 bits per heavy atom. The Morgan fingerprint density at radius 1 is 0.923 bits per heavy atom. The van der Waals surface area contributed by atoms with Crippen LogP contribution in [-0.2, 0) is 4.74 Å². The molecule has 0 aromatic heterocycles. The first-order chi connectivity index (χ1) is 12.5. The topological polar surface area (TPSA) is 9.23 Å². The van der Waals surface area contributed by atoms with Crippen LogP contribution in [0.15, 0.2) is 12.7 Å². The molecule has 0 aromatic rings. The molecule has 3 rings (SSSR count). The van der Waals surface area contributed by atoms with Crippen molar-refractivity contribution in [1.29, 1.82) is 0 Å². The van der Waals surface area contributed by atoms with Crippen LogP contribution >= 0.6 is 0 Å². The van der Waals surface area contributed by atoms with Gasteiger partial charge in [0.05, 0.1) is 12.0 Å². The number of rotatable bonds is 8. The molecule has 2 saturated carbocycles. The molecule has 3 heteroatoms. The molecule has 0 amide bonds. The smallest absolute Gasteiger partial charge is 0.316 e. The lowest BCUT2D eigenvalue weighted by atomic mass is 9.66. The van der Waals surface area contributed by atoms with E-state index in [0.29, 0.717) is 11.8 Å². The van der Waals surface area contributed by atoms with Gasteiger partial charge in [0.25, 0.3) is 0 Å². The third kappa shape index (κ3) is 4.69. The molecule has 1 aliphatic heterocycles. The fraction of sp³-hybridized carbons (Fsp3) is 0.913. The lowest BCUT2D eigenvalue weighted by Gasteiger charge is -2.53. The van der Waals surface area contributed by atoms with Gasteiger partial charge in [-0.25, -0.2) is 0 Å². The molecule has 0 N–H and O–H groups in total. The molecule has 3 fully saturated rings. The minimum Gasteiger partial charge on any atom is -0.316 e. The summed E-state index contributed by atoms with van der Waals surface area (Å²) in [4.78, 5) is 0. The number of unbranched alkanes of at least 4 members (excludes halogenated alkanes) is 3. The Morgan fingerprint density at radius 2 is 1.58 bits per heavy atom. The summed E-state index contributed by atoms with van der Waals surface area (Å²) in [7, 11) is 0. The molecular weight excluding hydrogens is 330 g/mol. The first kappa shape index (κ1) is 20.3. The summed E-state index contributed by atoms with van der Waals surface area (Å²) in [5.74, 6) is 1.34. The average Bonchev–Trinajstić information content (AvgIpc) is 2.65. The maximum Gasteiger partial charge on any atom is 0.361 e. The van der Waals surface area contributed by atoms with Crippen molar-refractivity contribution in [2.24, 2.45) is 29.6 Å². The lowest BCUT2D eigenvalue weighted by Crippen LogP contribution is -2.61. The summed E-state index contributed by atoms with van der Waals surface area (Å²) in [5.41, 5.74) is 0. The zero-order valence-corrected chi connectivity index (χ0v) is 16.6. The van der Waals surface area contributed by atoms with Gasteiger partial charge in [-0.2, -0.15) is 8.78 Å². The fourth-order valence-corrected chi connectivity index (χ4v) is 5.79. The van der Waals surface area contributed by atoms with Crippen molar-refractivity contribution in [2.45, 2.75) is 103 Å². The van der Waals surface area contributed by atoms with Gasteiger partial charge in [-0.1, -0.05) is 57.9 Å². The Hall–Kier alpha value is -0.440. The van der Waals surface area contributed by atoms with Gasteiger partial charge in [0, 0.05) is 0 Å². The van der Waals surface area contributed by atoms with Crippen molar-refractivity contribution in [2.75, 3.05) is 0 Å². The van der Waals surface area contributed by atoms with Crippen LogP contribution in [0.2, 0.25) is 0 Å². The minimum atomic E-state index is -2.88. The highest BCUT2D eigenvalue weighted by atomic mass is 19.3. The number of allylic oxidation sites excluding steroid dienone is 1.